The van der Waals surface area contributed by atoms with Crippen molar-refractivity contribution in [1.29, 1.82) is 0 Å². The monoisotopic (exact) mass is 624 g/mol. The Hall–Kier alpha value is -4.33. The summed E-state index contributed by atoms with van der Waals surface area (Å²) >= 11 is 0. The Kier molecular flexibility index (Phi) is 10.0. The Balaban J connectivity index is 1.56. The molecule has 4 aromatic rings. The largest absolute Gasteiger partial charge is 0.483 e. The second-order valence-electron chi connectivity index (χ2n) is 11.3. The Morgan fingerprint density at radius 2 is 1.77 bits per heavy atom. The van der Waals surface area contributed by atoms with E-state index in [0.717, 1.165) is 11.1 Å². The highest BCUT2D eigenvalue weighted by Crippen LogP contribution is 2.32. The number of hydrogen-bond acceptors (Lipinski definition) is 10. The maximum atomic E-state index is 13.8. The van der Waals surface area contributed by atoms with Crippen LogP contribution in [0.15, 0.2) is 63.9 Å². The minimum absolute atomic E-state index is 0.0282. The standard InChI is InChI=1S/C31H40N6O6S/c1-18(2)15-37(44(40,41)22-10-11-24-27(14-22)43-31(34)36-24)16-26(38)25(13-21-8-6-5-7-9-21)35-28(39)17-42-30-19(3)12-23(32)29(33)20(30)4/h5-12,14,18,25-26,38H,13,15-17,32-33H2,1-4H3,(H2,34,36)(H,35,39). The number of fused-ring (bicyclic) bond motifs is 1. The van der Waals surface area contributed by atoms with Gasteiger partial charge >= 0.3 is 0 Å². The van der Waals surface area contributed by atoms with Crippen molar-refractivity contribution in [3.8, 4) is 5.75 Å². The highest BCUT2D eigenvalue weighted by molar-refractivity contribution is 7.89. The van der Waals surface area contributed by atoms with Crippen LogP contribution in [0.4, 0.5) is 17.4 Å². The maximum Gasteiger partial charge on any atom is 0.292 e. The van der Waals surface area contributed by atoms with Crippen LogP contribution in [0.1, 0.15) is 30.5 Å². The van der Waals surface area contributed by atoms with E-state index in [-0.39, 0.29) is 48.5 Å². The van der Waals surface area contributed by atoms with Gasteiger partial charge in [0, 0.05) is 24.7 Å². The molecule has 1 amide bonds. The number of carbonyl (C=O) groups excluding carboxylic acids is 1. The van der Waals surface area contributed by atoms with Gasteiger partial charge in [0.15, 0.2) is 12.2 Å². The minimum Gasteiger partial charge on any atom is -0.483 e. The third kappa shape index (κ3) is 7.59. The summed E-state index contributed by atoms with van der Waals surface area (Å²) in [6, 6.07) is 14.4. The molecule has 2 unspecified atom stereocenters. The number of aliphatic hydroxyl groups is 1. The van der Waals surface area contributed by atoms with Crippen LogP contribution in [0.5, 0.6) is 5.75 Å². The molecule has 1 heterocycles. The minimum atomic E-state index is -4.09. The van der Waals surface area contributed by atoms with Gasteiger partial charge in [-0.15, -0.1) is 0 Å². The van der Waals surface area contributed by atoms with Gasteiger partial charge in [0.1, 0.15) is 11.3 Å². The van der Waals surface area contributed by atoms with Gasteiger partial charge in [0.2, 0.25) is 10.0 Å². The van der Waals surface area contributed by atoms with Crippen LogP contribution in [0.25, 0.3) is 11.1 Å². The number of rotatable bonds is 13. The number of aliphatic hydroxyl groups excluding tert-OH is 1. The molecule has 0 aliphatic rings. The zero-order valence-corrected chi connectivity index (χ0v) is 26.1. The third-order valence-corrected chi connectivity index (χ3v) is 9.04. The lowest BCUT2D eigenvalue weighted by molar-refractivity contribution is -0.124. The fourth-order valence-corrected chi connectivity index (χ4v) is 6.65. The lowest BCUT2D eigenvalue weighted by Crippen LogP contribution is -2.52. The molecule has 0 saturated heterocycles. The number of benzene rings is 3. The highest BCUT2D eigenvalue weighted by Gasteiger charge is 2.32. The summed E-state index contributed by atoms with van der Waals surface area (Å²) < 4.78 is 40.0. The van der Waals surface area contributed by atoms with Crippen LogP contribution in [0.3, 0.4) is 0 Å². The number of nitrogens with zero attached hydrogens (tertiary/aromatic N) is 2. The summed E-state index contributed by atoms with van der Waals surface area (Å²) in [5.41, 5.74) is 21.3. The summed E-state index contributed by atoms with van der Waals surface area (Å²) in [6.07, 6.45) is -1.02. The van der Waals surface area contributed by atoms with Crippen molar-refractivity contribution in [2.75, 3.05) is 36.9 Å². The van der Waals surface area contributed by atoms with Crippen LogP contribution in [0, 0.1) is 19.8 Å². The summed E-state index contributed by atoms with van der Waals surface area (Å²) in [5.74, 6) is -0.103. The number of nitrogen functional groups attached to an aromatic ring is 3. The topological polar surface area (TPSA) is 200 Å². The van der Waals surface area contributed by atoms with Crippen molar-refractivity contribution >= 4 is 44.4 Å². The molecule has 0 aliphatic carbocycles. The molecule has 8 N–H and O–H groups in total. The first-order valence-corrected chi connectivity index (χ1v) is 15.7. The molecule has 2 atom stereocenters. The molecular weight excluding hydrogens is 584 g/mol. The first-order chi connectivity index (χ1) is 20.8. The number of nitrogens with two attached hydrogens (primary N) is 3. The van der Waals surface area contributed by atoms with Gasteiger partial charge in [-0.05, 0) is 55.5 Å². The number of amides is 1. The second kappa shape index (κ2) is 13.5. The molecule has 44 heavy (non-hydrogen) atoms. The normalized spacial score (nSPS) is 13.3. The SMILES string of the molecule is Cc1cc(N)c(N)c(C)c1OCC(=O)NC(Cc1ccccc1)C(O)CN(CC(C)C)S(=O)(=O)c1ccc2nc(N)oc2c1. The number of sulfonamides is 1. The zero-order valence-electron chi connectivity index (χ0n) is 25.3. The fraction of sp³-hybridized carbons (Fsp3) is 0.355. The second-order valence-corrected chi connectivity index (χ2v) is 13.2. The van der Waals surface area contributed by atoms with Crippen molar-refractivity contribution in [2.24, 2.45) is 5.92 Å². The average molecular weight is 625 g/mol. The van der Waals surface area contributed by atoms with Gasteiger partial charge in [0.05, 0.1) is 28.4 Å². The number of ether oxygens (including phenoxy) is 1. The van der Waals surface area contributed by atoms with E-state index in [4.69, 9.17) is 26.4 Å². The molecule has 1 aromatic heterocycles. The van der Waals surface area contributed by atoms with Gasteiger partial charge in [-0.3, -0.25) is 4.79 Å². The number of oxazole rings is 1. The molecule has 0 fully saturated rings. The molecule has 12 nitrogen and oxygen atoms in total. The molecule has 236 valence electrons. The van der Waals surface area contributed by atoms with Gasteiger partial charge < -0.3 is 36.8 Å². The molecule has 0 radical (unpaired) electrons. The highest BCUT2D eigenvalue weighted by atomic mass is 32.2. The van der Waals surface area contributed by atoms with Crippen molar-refractivity contribution in [2.45, 2.75) is 51.2 Å². The Bertz CT molecular complexity index is 1720. The van der Waals surface area contributed by atoms with Crippen LogP contribution in [0.2, 0.25) is 0 Å². The van der Waals surface area contributed by atoms with Crippen molar-refractivity contribution < 1.29 is 27.5 Å². The Morgan fingerprint density at radius 1 is 1.07 bits per heavy atom. The molecule has 3 aromatic carbocycles. The van der Waals surface area contributed by atoms with Crippen LogP contribution < -0.4 is 27.3 Å². The van der Waals surface area contributed by atoms with E-state index in [9.17, 15) is 18.3 Å². The fourth-order valence-electron chi connectivity index (χ4n) is 5.02. The van der Waals surface area contributed by atoms with Crippen molar-refractivity contribution in [3.05, 3.63) is 71.3 Å². The van der Waals surface area contributed by atoms with E-state index in [1.54, 1.807) is 19.9 Å². The molecule has 0 saturated carbocycles. The quantitative estimate of drug-likeness (QED) is 0.138. The average Bonchev–Trinajstić information content (AvgIpc) is 3.34. The van der Waals surface area contributed by atoms with Gasteiger partial charge in [-0.2, -0.15) is 9.29 Å². The Morgan fingerprint density at radius 3 is 2.45 bits per heavy atom. The van der Waals surface area contributed by atoms with E-state index < -0.39 is 28.1 Å². The van der Waals surface area contributed by atoms with E-state index in [2.05, 4.69) is 10.3 Å². The predicted molar refractivity (Wildman–Crippen MR) is 170 cm³/mol. The van der Waals surface area contributed by atoms with Crippen molar-refractivity contribution in [3.63, 3.8) is 0 Å². The lowest BCUT2D eigenvalue weighted by atomic mass is 10.0. The van der Waals surface area contributed by atoms with Gasteiger partial charge in [0.25, 0.3) is 11.9 Å². The maximum absolute atomic E-state index is 13.8. The van der Waals surface area contributed by atoms with Crippen LogP contribution >= 0.6 is 0 Å². The lowest BCUT2D eigenvalue weighted by Gasteiger charge is -2.30. The Labute approximate surface area is 257 Å². The summed E-state index contributed by atoms with van der Waals surface area (Å²) in [7, 11) is -4.09. The number of anilines is 3. The summed E-state index contributed by atoms with van der Waals surface area (Å²) in [6.45, 7) is 6.82. The molecule has 13 heteroatoms. The van der Waals surface area contributed by atoms with E-state index in [1.807, 2.05) is 44.2 Å². The van der Waals surface area contributed by atoms with E-state index >= 15 is 0 Å². The van der Waals surface area contributed by atoms with E-state index in [1.165, 1.54) is 22.5 Å². The number of aromatic nitrogens is 1. The zero-order chi connectivity index (χ0) is 32.2. The van der Waals surface area contributed by atoms with E-state index in [0.29, 0.717) is 28.2 Å². The molecular formula is C31H40N6O6S. The third-order valence-electron chi connectivity index (χ3n) is 7.22. The van der Waals surface area contributed by atoms with Gasteiger partial charge in [-0.1, -0.05) is 44.2 Å². The number of carbonyl (C=O) groups is 1. The predicted octanol–water partition coefficient (Wildman–Crippen LogP) is 3.01. The molecule has 4 rings (SSSR count). The number of hydrogen-bond donors (Lipinski definition) is 5. The number of nitrogens with one attached hydrogen (secondary N) is 1. The molecule has 0 bridgehead atoms. The summed E-state index contributed by atoms with van der Waals surface area (Å²) in [4.78, 5) is 17.1. The van der Waals surface area contributed by atoms with Crippen molar-refractivity contribution in [1.82, 2.24) is 14.6 Å². The first-order valence-electron chi connectivity index (χ1n) is 14.2. The number of aryl methyl sites for hydroxylation is 1. The smallest absolute Gasteiger partial charge is 0.292 e. The first kappa shape index (κ1) is 32.6. The van der Waals surface area contributed by atoms with Crippen LogP contribution in [-0.4, -0.2) is 60.6 Å². The summed E-state index contributed by atoms with van der Waals surface area (Å²) in [5, 5.41) is 14.3. The van der Waals surface area contributed by atoms with Gasteiger partial charge in [-0.25, -0.2) is 8.42 Å². The molecule has 0 aliphatic heterocycles. The molecule has 0 spiro atoms. The van der Waals surface area contributed by atoms with Crippen LogP contribution in [-0.2, 0) is 21.2 Å².